The van der Waals surface area contributed by atoms with Gasteiger partial charge in [0.2, 0.25) is 0 Å². The summed E-state index contributed by atoms with van der Waals surface area (Å²) in [4.78, 5) is 11.5. The summed E-state index contributed by atoms with van der Waals surface area (Å²) < 4.78 is 28.5. The Hall–Kier alpha value is -1.45. The first kappa shape index (κ1) is 10.1. The van der Waals surface area contributed by atoms with Crippen LogP contribution in [0.4, 0.5) is 8.78 Å². The third-order valence-corrected chi connectivity index (χ3v) is 2.48. The molecule has 0 aliphatic heterocycles. The predicted octanol–water partition coefficient (Wildman–Crippen LogP) is 2.81. The quantitative estimate of drug-likeness (QED) is 0.753. The Labute approximate surface area is 85.9 Å². The number of ketones is 1. The lowest BCUT2D eigenvalue weighted by Crippen LogP contribution is -2.13. The summed E-state index contributed by atoms with van der Waals surface area (Å²) in [6.45, 7) is -2.84. The maximum Gasteiger partial charge on any atom is 0.387 e. The van der Waals surface area contributed by atoms with Crippen LogP contribution in [0.3, 0.4) is 0 Å². The maximum atomic E-state index is 12.1. The van der Waals surface area contributed by atoms with Gasteiger partial charge in [-0.25, -0.2) is 0 Å². The zero-order valence-electron chi connectivity index (χ0n) is 8.00. The number of benzene rings is 1. The largest absolute Gasteiger partial charge is 0.435 e. The SMILES string of the molecule is O=C1CCCc2c(OC(F)F)cccc21. The monoisotopic (exact) mass is 212 g/mol. The molecule has 0 unspecified atom stereocenters. The first-order chi connectivity index (χ1) is 7.18. The van der Waals surface area contributed by atoms with E-state index in [1.54, 1.807) is 12.1 Å². The van der Waals surface area contributed by atoms with E-state index in [0.29, 0.717) is 30.4 Å². The molecule has 0 saturated heterocycles. The average molecular weight is 212 g/mol. The second kappa shape index (κ2) is 3.96. The Balaban J connectivity index is 2.40. The number of ether oxygens (including phenoxy) is 1. The number of halogens is 2. The second-order valence-corrected chi connectivity index (χ2v) is 3.44. The van der Waals surface area contributed by atoms with Gasteiger partial charge in [0, 0.05) is 17.5 Å². The molecule has 0 heterocycles. The van der Waals surface area contributed by atoms with Crippen molar-refractivity contribution in [1.82, 2.24) is 0 Å². The predicted molar refractivity (Wildman–Crippen MR) is 50.3 cm³/mol. The Morgan fingerprint density at radius 2 is 2.07 bits per heavy atom. The molecule has 1 aromatic carbocycles. The Morgan fingerprint density at radius 1 is 1.27 bits per heavy atom. The molecule has 4 heteroatoms. The number of carbonyl (C=O) groups is 1. The highest BCUT2D eigenvalue weighted by molar-refractivity contribution is 5.99. The number of fused-ring (bicyclic) bond motifs is 1. The molecular weight excluding hydrogens is 202 g/mol. The topological polar surface area (TPSA) is 26.3 Å². The highest BCUT2D eigenvalue weighted by Gasteiger charge is 2.21. The molecular formula is C11H10F2O2. The van der Waals surface area contributed by atoms with Crippen molar-refractivity contribution in [3.8, 4) is 5.75 Å². The van der Waals surface area contributed by atoms with E-state index in [9.17, 15) is 13.6 Å². The molecule has 2 rings (SSSR count). The first-order valence-electron chi connectivity index (χ1n) is 4.78. The number of hydrogen-bond donors (Lipinski definition) is 0. The van der Waals surface area contributed by atoms with Crippen LogP contribution in [0.1, 0.15) is 28.8 Å². The van der Waals surface area contributed by atoms with Gasteiger partial charge in [0.15, 0.2) is 5.78 Å². The lowest BCUT2D eigenvalue weighted by atomic mass is 9.90. The van der Waals surface area contributed by atoms with E-state index in [4.69, 9.17) is 0 Å². The van der Waals surface area contributed by atoms with Crippen LogP contribution in [0, 0.1) is 0 Å². The van der Waals surface area contributed by atoms with Gasteiger partial charge in [0.1, 0.15) is 5.75 Å². The highest BCUT2D eigenvalue weighted by Crippen LogP contribution is 2.30. The summed E-state index contributed by atoms with van der Waals surface area (Å²) in [5, 5.41) is 0. The highest BCUT2D eigenvalue weighted by atomic mass is 19.3. The molecule has 80 valence electrons. The van der Waals surface area contributed by atoms with Crippen molar-refractivity contribution in [1.29, 1.82) is 0 Å². The molecule has 0 amide bonds. The van der Waals surface area contributed by atoms with E-state index in [2.05, 4.69) is 4.74 Å². The van der Waals surface area contributed by atoms with Crippen molar-refractivity contribution in [2.45, 2.75) is 25.9 Å². The molecule has 1 aliphatic rings. The van der Waals surface area contributed by atoms with E-state index < -0.39 is 6.61 Å². The molecule has 0 aromatic heterocycles. The van der Waals surface area contributed by atoms with Crippen LogP contribution in [0.15, 0.2) is 18.2 Å². The van der Waals surface area contributed by atoms with Crippen molar-refractivity contribution < 1.29 is 18.3 Å². The second-order valence-electron chi connectivity index (χ2n) is 3.44. The summed E-state index contributed by atoms with van der Waals surface area (Å²) >= 11 is 0. The summed E-state index contributed by atoms with van der Waals surface area (Å²) in [6.07, 6.45) is 1.82. The molecule has 2 nitrogen and oxygen atoms in total. The molecule has 15 heavy (non-hydrogen) atoms. The number of Topliss-reactive ketones (excluding diaryl/α,β-unsaturated/α-hetero) is 1. The minimum Gasteiger partial charge on any atom is -0.435 e. The Bertz CT molecular complexity index is 388. The molecule has 0 N–H and O–H groups in total. The van der Waals surface area contributed by atoms with Crippen molar-refractivity contribution in [2.75, 3.05) is 0 Å². The molecule has 0 atom stereocenters. The zero-order chi connectivity index (χ0) is 10.8. The van der Waals surface area contributed by atoms with Gasteiger partial charge in [0.25, 0.3) is 0 Å². The average Bonchev–Trinajstić information content (AvgIpc) is 2.19. The lowest BCUT2D eigenvalue weighted by molar-refractivity contribution is -0.0505. The van der Waals surface area contributed by atoms with E-state index in [1.807, 2.05) is 0 Å². The molecule has 1 aromatic rings. The van der Waals surface area contributed by atoms with Gasteiger partial charge in [-0.15, -0.1) is 0 Å². The van der Waals surface area contributed by atoms with Crippen LogP contribution in [-0.2, 0) is 6.42 Å². The zero-order valence-corrected chi connectivity index (χ0v) is 8.00. The van der Waals surface area contributed by atoms with E-state index in [0.717, 1.165) is 0 Å². The number of alkyl halides is 2. The van der Waals surface area contributed by atoms with Crippen LogP contribution in [0.25, 0.3) is 0 Å². The third kappa shape index (κ3) is 1.98. The van der Waals surface area contributed by atoms with Crippen LogP contribution < -0.4 is 4.74 Å². The van der Waals surface area contributed by atoms with Gasteiger partial charge < -0.3 is 4.74 Å². The van der Waals surface area contributed by atoms with Crippen molar-refractivity contribution in [2.24, 2.45) is 0 Å². The maximum absolute atomic E-state index is 12.1. The molecule has 0 radical (unpaired) electrons. The fourth-order valence-corrected chi connectivity index (χ4v) is 1.85. The van der Waals surface area contributed by atoms with Crippen molar-refractivity contribution in [3.05, 3.63) is 29.3 Å². The Kier molecular flexibility index (Phi) is 2.66. The van der Waals surface area contributed by atoms with Gasteiger partial charge in [-0.1, -0.05) is 12.1 Å². The van der Waals surface area contributed by atoms with Gasteiger partial charge in [-0.05, 0) is 18.9 Å². The van der Waals surface area contributed by atoms with Gasteiger partial charge in [-0.2, -0.15) is 8.78 Å². The number of carbonyl (C=O) groups excluding carboxylic acids is 1. The van der Waals surface area contributed by atoms with E-state index in [-0.39, 0.29) is 11.5 Å². The van der Waals surface area contributed by atoms with Gasteiger partial charge in [0.05, 0.1) is 0 Å². The number of rotatable bonds is 2. The molecule has 0 fully saturated rings. The molecule has 0 bridgehead atoms. The lowest BCUT2D eigenvalue weighted by Gasteiger charge is -2.18. The normalized spacial score (nSPS) is 15.3. The molecule has 0 spiro atoms. The fourth-order valence-electron chi connectivity index (χ4n) is 1.85. The van der Waals surface area contributed by atoms with Gasteiger partial charge in [-0.3, -0.25) is 4.79 Å². The first-order valence-corrected chi connectivity index (χ1v) is 4.78. The standard InChI is InChI=1S/C11H10F2O2/c12-11(13)15-10-6-2-3-7-8(10)4-1-5-9(7)14/h2-3,6,11H,1,4-5H2. The summed E-state index contributed by atoms with van der Waals surface area (Å²) in [5.74, 6) is 0.145. The Morgan fingerprint density at radius 3 is 2.80 bits per heavy atom. The van der Waals surface area contributed by atoms with Crippen molar-refractivity contribution in [3.63, 3.8) is 0 Å². The summed E-state index contributed by atoms with van der Waals surface area (Å²) in [7, 11) is 0. The molecule has 0 saturated carbocycles. The minimum absolute atomic E-state index is 0.0102. The third-order valence-electron chi connectivity index (χ3n) is 2.48. The minimum atomic E-state index is -2.84. The van der Waals surface area contributed by atoms with E-state index >= 15 is 0 Å². The smallest absolute Gasteiger partial charge is 0.387 e. The van der Waals surface area contributed by atoms with Crippen LogP contribution >= 0.6 is 0 Å². The van der Waals surface area contributed by atoms with Crippen molar-refractivity contribution >= 4 is 5.78 Å². The van der Waals surface area contributed by atoms with Crippen LogP contribution in [-0.4, -0.2) is 12.4 Å². The van der Waals surface area contributed by atoms with Crippen LogP contribution in [0.5, 0.6) is 5.75 Å². The molecule has 1 aliphatic carbocycles. The number of hydrogen-bond acceptors (Lipinski definition) is 2. The van der Waals surface area contributed by atoms with Gasteiger partial charge >= 0.3 is 6.61 Å². The summed E-state index contributed by atoms with van der Waals surface area (Å²) in [5.41, 5.74) is 1.15. The summed E-state index contributed by atoms with van der Waals surface area (Å²) in [6, 6.07) is 4.71. The fraction of sp³-hybridized carbons (Fsp3) is 0.364. The van der Waals surface area contributed by atoms with E-state index in [1.165, 1.54) is 6.07 Å². The van der Waals surface area contributed by atoms with Crippen LogP contribution in [0.2, 0.25) is 0 Å².